The topological polar surface area (TPSA) is 58.2 Å². The molecular formula is C18H17ClN2O2S. The van der Waals surface area contributed by atoms with Crippen molar-refractivity contribution in [2.24, 2.45) is 5.92 Å². The van der Waals surface area contributed by atoms with Gasteiger partial charge < -0.3 is 10.6 Å². The molecule has 0 unspecified atom stereocenters. The fourth-order valence-corrected chi connectivity index (χ4v) is 3.94. The number of rotatable bonds is 3. The summed E-state index contributed by atoms with van der Waals surface area (Å²) in [5.74, 6) is -0.805. The lowest BCUT2D eigenvalue weighted by atomic mass is 10.0. The lowest BCUT2D eigenvalue weighted by Crippen LogP contribution is -2.39. The Hall–Kier alpha value is -1.98. The van der Waals surface area contributed by atoms with Crippen LogP contribution in [0.5, 0.6) is 0 Å². The van der Waals surface area contributed by atoms with E-state index >= 15 is 0 Å². The van der Waals surface area contributed by atoms with E-state index in [9.17, 15) is 9.59 Å². The van der Waals surface area contributed by atoms with E-state index in [1.54, 1.807) is 25.1 Å². The van der Waals surface area contributed by atoms with Gasteiger partial charge in [-0.15, -0.1) is 11.8 Å². The van der Waals surface area contributed by atoms with Crippen molar-refractivity contribution in [3.8, 4) is 0 Å². The maximum atomic E-state index is 12.6. The van der Waals surface area contributed by atoms with Crippen LogP contribution in [-0.2, 0) is 9.59 Å². The predicted octanol–water partition coefficient (Wildman–Crippen LogP) is 4.34. The average Bonchev–Trinajstić information content (AvgIpc) is 2.56. The molecule has 1 heterocycles. The summed E-state index contributed by atoms with van der Waals surface area (Å²) in [7, 11) is 0. The number of benzene rings is 2. The molecule has 0 bridgehead atoms. The number of nitrogens with one attached hydrogen (secondary N) is 2. The Balaban J connectivity index is 1.75. The highest BCUT2D eigenvalue weighted by Crippen LogP contribution is 2.38. The van der Waals surface area contributed by atoms with E-state index in [0.29, 0.717) is 10.7 Å². The van der Waals surface area contributed by atoms with E-state index in [1.165, 1.54) is 11.8 Å². The number of fused-ring (bicyclic) bond motifs is 1. The number of hydrogen-bond acceptors (Lipinski definition) is 3. The van der Waals surface area contributed by atoms with Crippen LogP contribution in [0.2, 0.25) is 5.02 Å². The summed E-state index contributed by atoms with van der Waals surface area (Å²) in [6.45, 7) is 3.65. The van der Waals surface area contributed by atoms with Gasteiger partial charge >= 0.3 is 0 Å². The first kappa shape index (κ1) is 16.9. The van der Waals surface area contributed by atoms with Crippen LogP contribution in [0.4, 0.5) is 11.4 Å². The second-order valence-electron chi connectivity index (χ2n) is 5.76. The van der Waals surface area contributed by atoms with E-state index in [4.69, 9.17) is 11.6 Å². The summed E-state index contributed by atoms with van der Waals surface area (Å²) in [5, 5.41) is 5.92. The van der Waals surface area contributed by atoms with Gasteiger partial charge in [-0.1, -0.05) is 30.7 Å². The first-order valence-electron chi connectivity index (χ1n) is 7.59. The highest BCUT2D eigenvalue weighted by Gasteiger charge is 2.35. The van der Waals surface area contributed by atoms with E-state index in [0.717, 1.165) is 16.1 Å². The highest BCUT2D eigenvalue weighted by atomic mass is 35.5. The van der Waals surface area contributed by atoms with Crippen LogP contribution in [0.3, 0.4) is 0 Å². The summed E-state index contributed by atoms with van der Waals surface area (Å²) >= 11 is 7.36. The van der Waals surface area contributed by atoms with Crippen molar-refractivity contribution in [2.75, 3.05) is 10.6 Å². The van der Waals surface area contributed by atoms with Crippen LogP contribution in [0.1, 0.15) is 12.5 Å². The second kappa shape index (κ2) is 6.87. The van der Waals surface area contributed by atoms with Gasteiger partial charge in [0.15, 0.2) is 0 Å². The molecule has 2 aromatic rings. The third-order valence-electron chi connectivity index (χ3n) is 3.97. The van der Waals surface area contributed by atoms with Crippen molar-refractivity contribution in [3.63, 3.8) is 0 Å². The van der Waals surface area contributed by atoms with Crippen molar-refractivity contribution >= 4 is 46.6 Å². The Bertz CT molecular complexity index is 809. The Kier molecular flexibility index (Phi) is 4.83. The Labute approximate surface area is 150 Å². The van der Waals surface area contributed by atoms with Gasteiger partial charge in [0, 0.05) is 15.6 Å². The van der Waals surface area contributed by atoms with Crippen LogP contribution in [0, 0.1) is 12.8 Å². The number of carbonyl (C=O) groups excluding carboxylic acids is 2. The number of anilines is 2. The van der Waals surface area contributed by atoms with E-state index < -0.39 is 11.2 Å². The summed E-state index contributed by atoms with van der Waals surface area (Å²) in [4.78, 5) is 25.9. The molecule has 124 valence electrons. The minimum Gasteiger partial charge on any atom is -0.326 e. The molecule has 6 heteroatoms. The zero-order valence-corrected chi connectivity index (χ0v) is 14.9. The molecular weight excluding hydrogens is 344 g/mol. The monoisotopic (exact) mass is 360 g/mol. The minimum absolute atomic E-state index is 0.144. The first-order chi connectivity index (χ1) is 11.5. The lowest BCUT2D eigenvalue weighted by molar-refractivity contribution is -0.123. The fourth-order valence-electron chi connectivity index (χ4n) is 2.55. The zero-order valence-electron chi connectivity index (χ0n) is 13.3. The lowest BCUT2D eigenvalue weighted by Gasteiger charge is -2.27. The molecule has 0 saturated heterocycles. The minimum atomic E-state index is -0.474. The van der Waals surface area contributed by atoms with Gasteiger partial charge in [0.1, 0.15) is 0 Å². The molecule has 0 radical (unpaired) electrons. The van der Waals surface area contributed by atoms with Gasteiger partial charge in [-0.05, 0) is 42.8 Å². The van der Waals surface area contributed by atoms with Crippen LogP contribution >= 0.6 is 23.4 Å². The molecule has 2 amide bonds. The fraction of sp³-hybridized carbons (Fsp3) is 0.222. The van der Waals surface area contributed by atoms with E-state index in [2.05, 4.69) is 10.6 Å². The average molecular weight is 361 g/mol. The van der Waals surface area contributed by atoms with Crippen LogP contribution in [0.25, 0.3) is 0 Å². The SMILES string of the molecule is Cc1cc(Cl)ccc1NC(=O)[C@@H](C)[C@H]1Sc2ccccc2NC1=O. The predicted molar refractivity (Wildman–Crippen MR) is 98.7 cm³/mol. The number of thioether (sulfide) groups is 1. The molecule has 0 fully saturated rings. The number of carbonyl (C=O) groups is 2. The number of hydrogen-bond donors (Lipinski definition) is 2. The van der Waals surface area contributed by atoms with Crippen LogP contribution < -0.4 is 10.6 Å². The molecule has 0 spiro atoms. The highest BCUT2D eigenvalue weighted by molar-refractivity contribution is 8.01. The maximum Gasteiger partial charge on any atom is 0.238 e. The second-order valence-corrected chi connectivity index (χ2v) is 7.38. The number of amides is 2. The third kappa shape index (κ3) is 3.42. The quantitative estimate of drug-likeness (QED) is 0.856. The van der Waals surface area contributed by atoms with Crippen molar-refractivity contribution in [2.45, 2.75) is 24.0 Å². The van der Waals surface area contributed by atoms with Crippen LogP contribution in [0.15, 0.2) is 47.4 Å². The van der Waals surface area contributed by atoms with Crippen molar-refractivity contribution in [1.82, 2.24) is 0 Å². The summed E-state index contributed by atoms with van der Waals surface area (Å²) < 4.78 is 0. The first-order valence-corrected chi connectivity index (χ1v) is 8.85. The Morgan fingerprint density at radius 3 is 2.79 bits per heavy atom. The molecule has 0 aliphatic carbocycles. The molecule has 0 aromatic heterocycles. The maximum absolute atomic E-state index is 12.6. The Morgan fingerprint density at radius 1 is 1.29 bits per heavy atom. The number of para-hydroxylation sites is 1. The van der Waals surface area contributed by atoms with Crippen molar-refractivity contribution < 1.29 is 9.59 Å². The Morgan fingerprint density at radius 2 is 2.04 bits per heavy atom. The molecule has 3 rings (SSSR count). The van der Waals surface area contributed by atoms with Crippen LogP contribution in [-0.4, -0.2) is 17.1 Å². The van der Waals surface area contributed by atoms with E-state index in [1.807, 2.05) is 31.2 Å². The molecule has 2 aromatic carbocycles. The molecule has 1 aliphatic rings. The molecule has 0 saturated carbocycles. The number of halogens is 1. The smallest absolute Gasteiger partial charge is 0.238 e. The van der Waals surface area contributed by atoms with Gasteiger partial charge in [-0.2, -0.15) is 0 Å². The number of aryl methyl sites for hydroxylation is 1. The van der Waals surface area contributed by atoms with E-state index in [-0.39, 0.29) is 11.8 Å². The normalized spacial score (nSPS) is 17.6. The summed E-state index contributed by atoms with van der Waals surface area (Å²) in [6, 6.07) is 12.9. The standard InChI is InChI=1S/C18H17ClN2O2S/c1-10-9-12(19)7-8-13(10)20-17(22)11(2)16-18(23)21-14-5-3-4-6-15(14)24-16/h3-9,11,16H,1-2H3,(H,20,22)(H,21,23)/t11-,16+/m0/s1. The molecule has 2 N–H and O–H groups in total. The zero-order chi connectivity index (χ0) is 17.3. The summed E-state index contributed by atoms with van der Waals surface area (Å²) in [5.41, 5.74) is 2.39. The molecule has 4 nitrogen and oxygen atoms in total. The van der Waals surface area contributed by atoms with Gasteiger partial charge in [0.2, 0.25) is 11.8 Å². The molecule has 1 aliphatic heterocycles. The third-order valence-corrected chi connectivity index (χ3v) is 5.69. The van der Waals surface area contributed by atoms with Gasteiger partial charge in [0.05, 0.1) is 16.9 Å². The van der Waals surface area contributed by atoms with Crippen molar-refractivity contribution in [3.05, 3.63) is 53.1 Å². The van der Waals surface area contributed by atoms with Gasteiger partial charge in [0.25, 0.3) is 0 Å². The molecule has 24 heavy (non-hydrogen) atoms. The largest absolute Gasteiger partial charge is 0.326 e. The van der Waals surface area contributed by atoms with Crippen molar-refractivity contribution in [1.29, 1.82) is 0 Å². The van der Waals surface area contributed by atoms with Gasteiger partial charge in [-0.25, -0.2) is 0 Å². The molecule has 2 atom stereocenters. The van der Waals surface area contributed by atoms with Gasteiger partial charge in [-0.3, -0.25) is 9.59 Å². The summed E-state index contributed by atoms with van der Waals surface area (Å²) in [6.07, 6.45) is 0.